The predicted octanol–water partition coefficient (Wildman–Crippen LogP) is 21.4. The van der Waals surface area contributed by atoms with Crippen LogP contribution in [0, 0.1) is 0 Å². The van der Waals surface area contributed by atoms with E-state index in [2.05, 4.69) is 113 Å². The summed E-state index contributed by atoms with van der Waals surface area (Å²) in [5.74, 6) is -2.21. The summed E-state index contributed by atoms with van der Waals surface area (Å²) in [5, 5.41) is 10.6. The lowest BCUT2D eigenvalue weighted by molar-refractivity contribution is -0.161. The van der Waals surface area contributed by atoms with E-state index in [0.29, 0.717) is 25.7 Å². The Bertz CT molecular complexity index is 2160. The second kappa shape index (κ2) is 69.7. The zero-order chi connectivity index (χ0) is 70.4. The van der Waals surface area contributed by atoms with Gasteiger partial charge < -0.3 is 33.8 Å². The summed E-state index contributed by atoms with van der Waals surface area (Å²) in [4.78, 5) is 72.7. The lowest BCUT2D eigenvalue weighted by Gasteiger charge is -2.21. The maximum Gasteiger partial charge on any atom is 0.472 e. The van der Waals surface area contributed by atoms with Crippen molar-refractivity contribution in [3.05, 3.63) is 85.1 Å². The molecule has 0 aliphatic rings. The molecule has 0 saturated heterocycles. The first-order valence-corrected chi connectivity index (χ1v) is 40.8. The molecule has 0 saturated carbocycles. The highest BCUT2D eigenvalue weighted by atomic mass is 31.2. The van der Waals surface area contributed by atoms with Gasteiger partial charge in [-0.3, -0.25) is 37.3 Å². The number of hydrogen-bond donors (Lipinski definition) is 3. The monoisotopic (exact) mass is 1390 g/mol. The fraction of sp³-hybridized carbons (Fsp3) is 0.766. The molecule has 0 heterocycles. The Hall–Kier alpha value is -3.76. The van der Waals surface area contributed by atoms with E-state index < -0.39 is 97.5 Å². The number of unbranched alkanes of at least 4 members (excludes halogenated alkanes) is 31. The molecule has 0 radical (unpaired) electrons. The topological polar surface area (TPSA) is 237 Å². The third-order valence-electron chi connectivity index (χ3n) is 15.8. The number of allylic oxidation sites excluding steroid dienone is 14. The summed E-state index contributed by atoms with van der Waals surface area (Å²) in [6.07, 6.45) is 70.1. The lowest BCUT2D eigenvalue weighted by Crippen LogP contribution is -2.30. The summed E-state index contributed by atoms with van der Waals surface area (Å²) in [6.45, 7) is 4.63. The third kappa shape index (κ3) is 68.8. The highest BCUT2D eigenvalue weighted by Crippen LogP contribution is 2.45. The molecular formula is C77H136O17P2. The van der Waals surface area contributed by atoms with Crippen molar-refractivity contribution in [1.29, 1.82) is 0 Å². The number of aliphatic hydroxyl groups excluding tert-OH is 1. The molecule has 19 heteroatoms. The van der Waals surface area contributed by atoms with E-state index in [9.17, 15) is 43.2 Å². The zero-order valence-corrected chi connectivity index (χ0v) is 62.3. The number of ether oxygens (including phenoxy) is 4. The van der Waals surface area contributed by atoms with Gasteiger partial charge in [-0.05, 0) is 128 Å². The molecule has 0 aliphatic carbocycles. The van der Waals surface area contributed by atoms with E-state index in [4.69, 9.17) is 37.0 Å². The van der Waals surface area contributed by atoms with Crippen molar-refractivity contribution in [2.75, 3.05) is 39.6 Å². The molecule has 3 N–H and O–H groups in total. The Kier molecular flexibility index (Phi) is 67.0. The van der Waals surface area contributed by atoms with Gasteiger partial charge in [0.25, 0.3) is 0 Å². The number of carbonyl (C=O) groups is 4. The van der Waals surface area contributed by atoms with Crippen molar-refractivity contribution in [3.8, 4) is 0 Å². The first kappa shape index (κ1) is 92.2. The normalized spacial score (nSPS) is 14.4. The molecule has 0 amide bonds. The van der Waals surface area contributed by atoms with Crippen LogP contribution < -0.4 is 0 Å². The van der Waals surface area contributed by atoms with E-state index in [1.807, 2.05) is 0 Å². The molecule has 0 rings (SSSR count). The van der Waals surface area contributed by atoms with Crippen LogP contribution in [0.5, 0.6) is 0 Å². The van der Waals surface area contributed by atoms with Crippen molar-refractivity contribution in [1.82, 2.24) is 0 Å². The largest absolute Gasteiger partial charge is 0.472 e. The summed E-state index contributed by atoms with van der Waals surface area (Å²) < 4.78 is 68.4. The summed E-state index contributed by atoms with van der Waals surface area (Å²) in [7, 11) is -9.95. The minimum absolute atomic E-state index is 0.0787. The van der Waals surface area contributed by atoms with Crippen molar-refractivity contribution < 1.29 is 80.2 Å². The van der Waals surface area contributed by atoms with Crippen LogP contribution in [0.25, 0.3) is 0 Å². The number of rotatable bonds is 71. The van der Waals surface area contributed by atoms with E-state index in [1.165, 1.54) is 51.4 Å². The fourth-order valence-electron chi connectivity index (χ4n) is 10.0. The van der Waals surface area contributed by atoms with Gasteiger partial charge in [0, 0.05) is 25.7 Å². The fourth-order valence-corrected chi connectivity index (χ4v) is 11.6. The summed E-state index contributed by atoms with van der Waals surface area (Å²) in [6, 6.07) is 0. The Labute approximate surface area is 583 Å². The van der Waals surface area contributed by atoms with Crippen LogP contribution in [0.15, 0.2) is 85.1 Å². The average Bonchev–Trinajstić information content (AvgIpc) is 1.13. The standard InChI is InChI=1S/C77H136O17P2/c1-5-9-13-17-21-25-29-32-34-35-37-40-43-46-50-54-58-62-75(80)87-67-72(93-76(81)63-59-55-51-47-41-28-24-20-16-12-8-4)69-91-95(83,84)89-65-71(78)66-90-96(85,86)92-70-73(94-77(82)64-60-56-52-48-44-38-31-27-23-19-15-11-7-3)68-88-74(79)61-57-53-49-45-42-39-36-33-30-26-22-18-14-10-6-2/h9,13,15,19-21,24-25,27,31-34,36,71-73,78H,5-8,10-12,14,16-18,22-23,26,28-30,35,37-70H2,1-4H3,(H,83,84)(H,85,86)/b13-9-,19-15-,24-20-,25-21-,31-27-,34-32-,36-33-. The summed E-state index contributed by atoms with van der Waals surface area (Å²) in [5.41, 5.74) is 0. The molecule has 0 aromatic rings. The van der Waals surface area contributed by atoms with Crippen LogP contribution in [0.3, 0.4) is 0 Å². The smallest absolute Gasteiger partial charge is 0.462 e. The first-order valence-electron chi connectivity index (χ1n) is 37.8. The van der Waals surface area contributed by atoms with E-state index in [0.717, 1.165) is 193 Å². The van der Waals surface area contributed by atoms with Crippen molar-refractivity contribution in [3.63, 3.8) is 0 Å². The van der Waals surface area contributed by atoms with Crippen molar-refractivity contribution in [2.45, 2.75) is 341 Å². The van der Waals surface area contributed by atoms with Crippen molar-refractivity contribution in [2.24, 2.45) is 0 Å². The quantitative estimate of drug-likeness (QED) is 0.0169. The second-order valence-electron chi connectivity index (χ2n) is 25.2. The van der Waals surface area contributed by atoms with E-state index in [1.54, 1.807) is 0 Å². The Morgan fingerprint density at radius 1 is 0.302 bits per heavy atom. The van der Waals surface area contributed by atoms with Gasteiger partial charge in [0.2, 0.25) is 0 Å². The van der Waals surface area contributed by atoms with Crippen LogP contribution >= 0.6 is 15.6 Å². The highest BCUT2D eigenvalue weighted by molar-refractivity contribution is 7.47. The second-order valence-corrected chi connectivity index (χ2v) is 28.1. The minimum atomic E-state index is -4.97. The molecular weight excluding hydrogens is 1260 g/mol. The van der Waals surface area contributed by atoms with E-state index in [-0.39, 0.29) is 25.7 Å². The molecule has 0 spiro atoms. The van der Waals surface area contributed by atoms with Gasteiger partial charge in [-0.1, -0.05) is 254 Å². The number of phosphoric acid groups is 2. The molecule has 0 aliphatic heterocycles. The molecule has 0 aromatic heterocycles. The van der Waals surface area contributed by atoms with Crippen LogP contribution in [0.1, 0.15) is 323 Å². The average molecular weight is 1400 g/mol. The zero-order valence-electron chi connectivity index (χ0n) is 60.5. The molecule has 556 valence electrons. The van der Waals surface area contributed by atoms with Gasteiger partial charge in [0.15, 0.2) is 12.2 Å². The van der Waals surface area contributed by atoms with Gasteiger partial charge in [-0.25, -0.2) is 9.13 Å². The SMILES string of the molecule is CC/C=C\C/C=C\C/C=C\CCCCCCCCCC(=O)OCC(COP(=O)(O)OCC(O)COP(=O)(O)OCC(COC(=O)CCCCCCC/C=C\CCCCCCCC)OC(=O)CCCCCCC/C=C\C/C=C\CCC)OC(=O)CCCCCCC/C=C\CCCC. The molecule has 5 unspecified atom stereocenters. The summed E-state index contributed by atoms with van der Waals surface area (Å²) >= 11 is 0. The maximum atomic E-state index is 13.1. The van der Waals surface area contributed by atoms with Crippen LogP contribution in [0.2, 0.25) is 0 Å². The molecule has 5 atom stereocenters. The number of esters is 4. The van der Waals surface area contributed by atoms with Gasteiger partial charge in [0.05, 0.1) is 26.4 Å². The van der Waals surface area contributed by atoms with Gasteiger partial charge >= 0.3 is 39.5 Å². The third-order valence-corrected chi connectivity index (χ3v) is 17.7. The highest BCUT2D eigenvalue weighted by Gasteiger charge is 2.30. The number of hydrogen-bond acceptors (Lipinski definition) is 15. The predicted molar refractivity (Wildman–Crippen MR) is 390 cm³/mol. The van der Waals surface area contributed by atoms with E-state index >= 15 is 0 Å². The maximum absolute atomic E-state index is 13.1. The Balaban J connectivity index is 5.31. The van der Waals surface area contributed by atoms with Crippen LogP contribution in [-0.4, -0.2) is 96.7 Å². The lowest BCUT2D eigenvalue weighted by atomic mass is 10.1. The minimum Gasteiger partial charge on any atom is -0.462 e. The Morgan fingerprint density at radius 3 is 0.917 bits per heavy atom. The number of aliphatic hydroxyl groups is 1. The van der Waals surface area contributed by atoms with Gasteiger partial charge in [-0.15, -0.1) is 0 Å². The van der Waals surface area contributed by atoms with Crippen LogP contribution in [0.4, 0.5) is 0 Å². The van der Waals surface area contributed by atoms with Gasteiger partial charge in [-0.2, -0.15) is 0 Å². The molecule has 0 fully saturated rings. The molecule has 0 bridgehead atoms. The van der Waals surface area contributed by atoms with Crippen molar-refractivity contribution >= 4 is 39.5 Å². The van der Waals surface area contributed by atoms with Gasteiger partial charge in [0.1, 0.15) is 19.3 Å². The number of carbonyl (C=O) groups excluding carboxylic acids is 4. The molecule has 96 heavy (non-hydrogen) atoms. The Morgan fingerprint density at radius 2 is 0.573 bits per heavy atom. The molecule has 17 nitrogen and oxygen atoms in total. The first-order chi connectivity index (χ1) is 46.7. The number of phosphoric ester groups is 2. The molecule has 0 aromatic carbocycles. The van der Waals surface area contributed by atoms with Crippen LogP contribution in [-0.2, 0) is 65.4 Å².